The molecule has 1 saturated heterocycles. The number of nitrogens with one attached hydrogen (secondary N) is 1. The maximum atomic E-state index is 14.0. The van der Waals surface area contributed by atoms with E-state index in [0.29, 0.717) is 13.0 Å². The van der Waals surface area contributed by atoms with E-state index in [1.165, 1.54) is 42.1 Å². The molecule has 5 heteroatoms. The lowest BCUT2D eigenvalue weighted by Crippen LogP contribution is -2.20. The van der Waals surface area contributed by atoms with Crippen LogP contribution < -0.4 is 5.32 Å². The lowest BCUT2D eigenvalue weighted by Gasteiger charge is -2.14. The molecule has 1 aliphatic rings. The van der Waals surface area contributed by atoms with Gasteiger partial charge in [-0.05, 0) is 64.5 Å². The number of alkyl halides is 1. The van der Waals surface area contributed by atoms with E-state index in [2.05, 4.69) is 24.1 Å². The molecule has 1 fully saturated rings. The molecule has 1 N–H and O–H groups in total. The van der Waals surface area contributed by atoms with Crippen LogP contribution in [0.25, 0.3) is 0 Å². The van der Waals surface area contributed by atoms with Crippen molar-refractivity contribution in [1.29, 1.82) is 0 Å². The summed E-state index contributed by atoms with van der Waals surface area (Å²) >= 11 is 1.74. The third-order valence-electron chi connectivity index (χ3n) is 4.97. The van der Waals surface area contributed by atoms with Crippen molar-refractivity contribution in [3.8, 4) is 0 Å². The van der Waals surface area contributed by atoms with E-state index in [-0.39, 0.29) is 6.61 Å². The summed E-state index contributed by atoms with van der Waals surface area (Å²) in [5.74, 6) is 0.793. The summed E-state index contributed by atoms with van der Waals surface area (Å²) in [7, 11) is 0. The summed E-state index contributed by atoms with van der Waals surface area (Å²) in [6, 6.07) is 0. The molecule has 2 heterocycles. The zero-order valence-electron chi connectivity index (χ0n) is 16.0. The van der Waals surface area contributed by atoms with Crippen LogP contribution in [-0.4, -0.2) is 30.9 Å². The Hall–Kier alpha value is -0.520. The van der Waals surface area contributed by atoms with E-state index in [0.717, 1.165) is 43.8 Å². The number of aryl methyl sites for hydroxylation is 2. The highest BCUT2D eigenvalue weighted by Gasteiger charge is 2.13. The van der Waals surface area contributed by atoms with Crippen LogP contribution in [0.3, 0.4) is 0 Å². The fourth-order valence-corrected chi connectivity index (χ4v) is 4.48. The Balaban J connectivity index is 1.54. The zero-order valence-corrected chi connectivity index (χ0v) is 16.8. The SMILES string of the molecule is CCCc1nc(COCC(F)CCCCC2CCCCNC2)c(C)s1. The number of thiazole rings is 1. The van der Waals surface area contributed by atoms with Gasteiger partial charge >= 0.3 is 0 Å². The van der Waals surface area contributed by atoms with Gasteiger partial charge in [0.15, 0.2) is 0 Å². The predicted molar refractivity (Wildman–Crippen MR) is 104 cm³/mol. The Labute approximate surface area is 156 Å². The molecule has 0 spiro atoms. The second kappa shape index (κ2) is 12.0. The van der Waals surface area contributed by atoms with Crippen LogP contribution >= 0.6 is 11.3 Å². The first-order valence-corrected chi connectivity index (χ1v) is 10.9. The van der Waals surface area contributed by atoms with Crippen LogP contribution in [0.1, 0.15) is 73.9 Å². The Morgan fingerprint density at radius 2 is 2.24 bits per heavy atom. The summed E-state index contributed by atoms with van der Waals surface area (Å²) in [5.41, 5.74) is 0.988. The fourth-order valence-electron chi connectivity index (χ4n) is 3.45. The van der Waals surface area contributed by atoms with E-state index in [1.807, 2.05) is 0 Å². The van der Waals surface area contributed by atoms with Gasteiger partial charge in [-0.25, -0.2) is 9.37 Å². The first kappa shape index (κ1) is 20.8. The molecule has 25 heavy (non-hydrogen) atoms. The Morgan fingerprint density at radius 1 is 1.36 bits per heavy atom. The van der Waals surface area contributed by atoms with E-state index in [4.69, 9.17) is 4.74 Å². The van der Waals surface area contributed by atoms with Crippen molar-refractivity contribution in [2.75, 3.05) is 19.7 Å². The van der Waals surface area contributed by atoms with Crippen LogP contribution in [0.4, 0.5) is 4.39 Å². The maximum absolute atomic E-state index is 14.0. The van der Waals surface area contributed by atoms with Gasteiger partial charge in [-0.3, -0.25) is 0 Å². The van der Waals surface area contributed by atoms with Gasteiger partial charge in [0, 0.05) is 4.88 Å². The molecule has 3 nitrogen and oxygen atoms in total. The van der Waals surface area contributed by atoms with Crippen LogP contribution in [-0.2, 0) is 17.8 Å². The molecule has 0 amide bonds. The molecule has 1 aromatic heterocycles. The molecule has 2 unspecified atom stereocenters. The maximum Gasteiger partial charge on any atom is 0.123 e. The van der Waals surface area contributed by atoms with Gasteiger partial charge in [-0.1, -0.05) is 26.2 Å². The topological polar surface area (TPSA) is 34.1 Å². The Bertz CT molecular complexity index is 472. The minimum atomic E-state index is -0.846. The summed E-state index contributed by atoms with van der Waals surface area (Å²) in [6.45, 7) is 7.19. The molecular weight excluding hydrogens is 335 g/mol. The highest BCUT2D eigenvalue weighted by Crippen LogP contribution is 2.21. The highest BCUT2D eigenvalue weighted by atomic mass is 32.1. The van der Waals surface area contributed by atoms with E-state index in [1.54, 1.807) is 11.3 Å². The van der Waals surface area contributed by atoms with Crippen molar-refractivity contribution in [1.82, 2.24) is 10.3 Å². The second-order valence-electron chi connectivity index (χ2n) is 7.32. The molecule has 0 radical (unpaired) electrons. The minimum absolute atomic E-state index is 0.199. The number of rotatable bonds is 11. The van der Waals surface area contributed by atoms with Crippen molar-refractivity contribution >= 4 is 11.3 Å². The number of halogens is 1. The summed E-state index contributed by atoms with van der Waals surface area (Å²) in [5, 5.41) is 4.68. The summed E-state index contributed by atoms with van der Waals surface area (Å²) < 4.78 is 19.6. The van der Waals surface area contributed by atoms with Gasteiger partial charge in [0.2, 0.25) is 0 Å². The van der Waals surface area contributed by atoms with Crippen LogP contribution in [0.2, 0.25) is 0 Å². The molecule has 2 atom stereocenters. The molecule has 2 rings (SSSR count). The average molecular weight is 371 g/mol. The standard InChI is InChI=1S/C20H35FN2OS/c1-3-8-20-23-19(16(2)25-20)15-24-14-18(21)11-5-4-9-17-10-6-7-12-22-13-17/h17-18,22H,3-15H2,1-2H3. The number of hydrogen-bond donors (Lipinski definition) is 1. The van der Waals surface area contributed by atoms with E-state index >= 15 is 0 Å². The highest BCUT2D eigenvalue weighted by molar-refractivity contribution is 7.11. The van der Waals surface area contributed by atoms with Gasteiger partial charge in [0.1, 0.15) is 6.17 Å². The zero-order chi connectivity index (χ0) is 17.9. The first-order chi connectivity index (χ1) is 12.2. The van der Waals surface area contributed by atoms with Crippen molar-refractivity contribution in [2.24, 2.45) is 5.92 Å². The fraction of sp³-hybridized carbons (Fsp3) is 0.850. The number of hydrogen-bond acceptors (Lipinski definition) is 4. The van der Waals surface area contributed by atoms with Gasteiger partial charge in [0.25, 0.3) is 0 Å². The molecule has 0 bridgehead atoms. The Morgan fingerprint density at radius 3 is 3.08 bits per heavy atom. The second-order valence-corrected chi connectivity index (χ2v) is 8.61. The normalized spacial score (nSPS) is 19.7. The largest absolute Gasteiger partial charge is 0.372 e. The molecule has 0 saturated carbocycles. The predicted octanol–water partition coefficient (Wildman–Crippen LogP) is 5.21. The summed E-state index contributed by atoms with van der Waals surface area (Å²) in [6.07, 6.45) is 9.23. The lowest BCUT2D eigenvalue weighted by molar-refractivity contribution is 0.0635. The number of aromatic nitrogens is 1. The minimum Gasteiger partial charge on any atom is -0.372 e. The van der Waals surface area contributed by atoms with Gasteiger partial charge in [0.05, 0.1) is 23.9 Å². The smallest absolute Gasteiger partial charge is 0.123 e. The van der Waals surface area contributed by atoms with Gasteiger partial charge < -0.3 is 10.1 Å². The van der Waals surface area contributed by atoms with Crippen LogP contribution in [0.15, 0.2) is 0 Å². The van der Waals surface area contributed by atoms with Crippen LogP contribution in [0, 0.1) is 12.8 Å². The molecule has 1 aliphatic heterocycles. The monoisotopic (exact) mass is 370 g/mol. The van der Waals surface area contributed by atoms with Crippen molar-refractivity contribution in [3.63, 3.8) is 0 Å². The quantitative estimate of drug-likeness (QED) is 0.543. The van der Waals surface area contributed by atoms with Crippen molar-refractivity contribution in [2.45, 2.75) is 84.4 Å². The van der Waals surface area contributed by atoms with Crippen molar-refractivity contribution < 1.29 is 9.13 Å². The summed E-state index contributed by atoms with van der Waals surface area (Å²) in [4.78, 5) is 5.80. The first-order valence-electron chi connectivity index (χ1n) is 10.1. The number of ether oxygens (including phenoxy) is 1. The molecule has 0 aromatic carbocycles. The third kappa shape index (κ3) is 8.14. The number of unbranched alkanes of at least 4 members (excludes halogenated alkanes) is 1. The van der Waals surface area contributed by atoms with E-state index in [9.17, 15) is 4.39 Å². The number of nitrogens with zero attached hydrogens (tertiary/aromatic N) is 1. The third-order valence-corrected chi connectivity index (χ3v) is 6.04. The van der Waals surface area contributed by atoms with Crippen LogP contribution in [0.5, 0.6) is 0 Å². The molecule has 1 aromatic rings. The van der Waals surface area contributed by atoms with Gasteiger partial charge in [-0.2, -0.15) is 0 Å². The Kier molecular flexibility index (Phi) is 9.96. The van der Waals surface area contributed by atoms with E-state index < -0.39 is 6.17 Å². The lowest BCUT2D eigenvalue weighted by atomic mass is 9.96. The molecular formula is C20H35FN2OS. The van der Waals surface area contributed by atoms with Crippen molar-refractivity contribution in [3.05, 3.63) is 15.6 Å². The van der Waals surface area contributed by atoms with Gasteiger partial charge in [-0.15, -0.1) is 11.3 Å². The molecule has 0 aliphatic carbocycles. The molecule has 144 valence electrons. The average Bonchev–Trinajstić information content (AvgIpc) is 2.78.